The Morgan fingerprint density at radius 3 is 1.89 bits per heavy atom. The van der Waals surface area contributed by atoms with Gasteiger partial charge in [0.15, 0.2) is 46.1 Å². The molecule has 6 N–H and O–H groups in total. The molecule has 2 saturated heterocycles. The minimum Gasteiger partial charge on any atom is -0.497 e. The number of piperidine rings is 2. The van der Waals surface area contributed by atoms with Crippen LogP contribution in [0.1, 0.15) is 89.9 Å². The van der Waals surface area contributed by atoms with Crippen molar-refractivity contribution in [2.75, 3.05) is 70.6 Å². The van der Waals surface area contributed by atoms with Crippen LogP contribution in [0.15, 0.2) is 59.9 Å². The van der Waals surface area contributed by atoms with Crippen LogP contribution >= 0.6 is 15.9 Å². The summed E-state index contributed by atoms with van der Waals surface area (Å²) in [6.07, 6.45) is 7.08. The summed E-state index contributed by atoms with van der Waals surface area (Å²) in [6, 6.07) is 11.5. The van der Waals surface area contributed by atoms with E-state index in [0.29, 0.717) is 93.2 Å². The largest absolute Gasteiger partial charge is 0.497 e. The average molecular weight is 1280 g/mol. The van der Waals surface area contributed by atoms with Gasteiger partial charge in [-0.05, 0) is 100 Å². The Kier molecular flexibility index (Phi) is 20.9. The van der Waals surface area contributed by atoms with E-state index in [-0.39, 0.29) is 64.6 Å². The Morgan fingerprint density at radius 2 is 1.31 bits per heavy atom. The van der Waals surface area contributed by atoms with Crippen LogP contribution in [0, 0.1) is 19.1 Å². The van der Waals surface area contributed by atoms with E-state index in [9.17, 15) is 19.0 Å². The third-order valence-corrected chi connectivity index (χ3v) is 13.3. The number of anilines is 3. The van der Waals surface area contributed by atoms with Crippen LogP contribution in [-0.4, -0.2) is 145 Å². The summed E-state index contributed by atoms with van der Waals surface area (Å²) in [6.45, 7) is 11.4. The number of nitrogens with zero attached hydrogens (tertiary/aromatic N) is 15. The molecular weight excluding hydrogens is 1210 g/mol. The Balaban J connectivity index is 0.000000213. The maximum Gasteiger partial charge on any atom is 0.244 e. The first kappa shape index (κ1) is 63.2. The van der Waals surface area contributed by atoms with Gasteiger partial charge in [-0.1, -0.05) is 7.43 Å². The monoisotopic (exact) mass is 1280 g/mol. The van der Waals surface area contributed by atoms with E-state index < -0.39 is 22.8 Å². The summed E-state index contributed by atoms with van der Waals surface area (Å²) in [5.74, 6) is 3.50. The Morgan fingerprint density at radius 1 is 0.728 bits per heavy atom. The average Bonchev–Trinajstić information content (AvgIpc) is 4.32. The summed E-state index contributed by atoms with van der Waals surface area (Å²) in [5.41, 5.74) is 7.49. The van der Waals surface area contributed by atoms with Gasteiger partial charge in [0.1, 0.15) is 24.2 Å². The number of hydrogen-bond donors (Lipinski definition) is 5. The molecule has 0 aliphatic carbocycles. The third kappa shape index (κ3) is 14.9. The summed E-state index contributed by atoms with van der Waals surface area (Å²) in [7, 11) is 6.07. The molecule has 2 aliphatic heterocycles. The zero-order valence-corrected chi connectivity index (χ0v) is 49.0. The van der Waals surface area contributed by atoms with Gasteiger partial charge in [0, 0.05) is 93.0 Å². The van der Waals surface area contributed by atoms with Crippen molar-refractivity contribution in [1.82, 2.24) is 74.0 Å². The number of halogens is 3. The number of nitrogens with two attached hydrogens (primary N) is 1. The summed E-state index contributed by atoms with van der Waals surface area (Å²) in [4.78, 5) is 29.0. The zero-order valence-electron chi connectivity index (χ0n) is 45.9. The van der Waals surface area contributed by atoms with Gasteiger partial charge in [-0.2, -0.15) is 9.03 Å². The summed E-state index contributed by atoms with van der Waals surface area (Å²) >= 11 is 3.11. The number of nitrogens with one attached hydrogen (secondary N) is 2. The van der Waals surface area contributed by atoms with E-state index in [2.05, 4.69) is 61.7 Å². The standard InChI is InChI=1S/C24H27FN6O3.C21H26FN9O2.C6H10BrN3O.CH4.CH3.Pd/c1-32-16-7-6-14(20(9-16)33-2)13-27-24-28-19-11-21(34-3)18(25)10-17(19)23-29-22(30-31(23)24)15-5-4-8-26-12-15;1-21(2,32)10-30-11-24-20(28-30)29-6-4-5-12(9-29)17-26-18-13-7-14(22)16(33-3)8-15(13)25-19(23)31(18)27-17;1-6(2,11)3-10-4-8-5(7)9-10;;;/h6-7,9-11,15,26H,4-5,8,12-13H2,1-3H3,(H,27,28);7-8,11-12,32H,4-6,9-10H2,1-3H3,(H2,23,25);4,11H,3H2,1-2H3;1H4;1H3;/q;;;;-1;/t15-;12-;;;;/m11..../s1. The molecule has 0 spiro atoms. The van der Waals surface area contributed by atoms with Crippen LogP contribution in [-0.2, 0) is 40.1 Å². The molecule has 6 aromatic heterocycles. The van der Waals surface area contributed by atoms with Crippen LogP contribution in [0.25, 0.3) is 33.1 Å². The quantitative estimate of drug-likeness (QED) is 0.0533. The fourth-order valence-corrected chi connectivity index (χ4v) is 9.60. The first-order valence-corrected chi connectivity index (χ1v) is 26.0. The molecule has 24 nitrogen and oxygen atoms in total. The Labute approximate surface area is 490 Å². The molecule has 11 rings (SSSR count). The molecule has 3 aromatic carbocycles. The number of ether oxygens (including phenoxy) is 4. The first-order valence-electron chi connectivity index (χ1n) is 25.2. The molecule has 2 aliphatic rings. The molecule has 28 heteroatoms. The van der Waals surface area contributed by atoms with Crippen molar-refractivity contribution in [2.45, 2.75) is 103 Å². The number of aromatic nitrogens is 14. The van der Waals surface area contributed by atoms with Crippen molar-refractivity contribution in [1.29, 1.82) is 0 Å². The van der Waals surface area contributed by atoms with Crippen LogP contribution in [0.3, 0.4) is 0 Å². The van der Waals surface area contributed by atoms with Gasteiger partial charge in [-0.25, -0.2) is 48.0 Å². The molecule has 2 atom stereocenters. The molecule has 440 valence electrons. The second-order valence-corrected chi connectivity index (χ2v) is 21.0. The van der Waals surface area contributed by atoms with Gasteiger partial charge in [0.05, 0.1) is 63.8 Å². The number of benzene rings is 3. The second-order valence-electron chi connectivity index (χ2n) is 20.3. The molecule has 0 radical (unpaired) electrons. The van der Waals surface area contributed by atoms with Crippen LogP contribution in [0.5, 0.6) is 23.0 Å². The summed E-state index contributed by atoms with van der Waals surface area (Å²) in [5, 5.41) is 45.1. The third-order valence-electron chi connectivity index (χ3n) is 12.9. The predicted molar refractivity (Wildman–Crippen MR) is 303 cm³/mol. The van der Waals surface area contributed by atoms with Gasteiger partial charge in [0.25, 0.3) is 0 Å². The Hall–Kier alpha value is -6.96. The molecule has 8 heterocycles. The molecule has 2 fully saturated rings. The van der Waals surface area contributed by atoms with E-state index >= 15 is 0 Å². The zero-order chi connectivity index (χ0) is 55.5. The number of aliphatic hydroxyl groups is 2. The molecule has 0 amide bonds. The van der Waals surface area contributed by atoms with Crippen LogP contribution < -0.4 is 40.2 Å². The van der Waals surface area contributed by atoms with Crippen molar-refractivity contribution in [2.24, 2.45) is 0 Å². The molecule has 81 heavy (non-hydrogen) atoms. The number of hydrogen-bond acceptors (Lipinski definition) is 20. The minimum atomic E-state index is -0.879. The number of rotatable bonds is 14. The van der Waals surface area contributed by atoms with Crippen molar-refractivity contribution >= 4 is 66.9 Å². The summed E-state index contributed by atoms with van der Waals surface area (Å²) < 4.78 is 56.9. The van der Waals surface area contributed by atoms with E-state index in [0.717, 1.165) is 56.7 Å². The number of fused-ring (bicyclic) bond motifs is 6. The number of nitrogen functional groups attached to an aromatic ring is 1. The maximum atomic E-state index is 14.6. The van der Waals surface area contributed by atoms with Gasteiger partial charge < -0.3 is 57.9 Å². The molecule has 0 bridgehead atoms. The Bertz CT molecular complexity index is 3560. The molecular formula is C53H70BrF2N18O6Pd-. The van der Waals surface area contributed by atoms with Crippen molar-refractivity contribution < 1.29 is 58.4 Å². The smallest absolute Gasteiger partial charge is 0.244 e. The fourth-order valence-electron chi connectivity index (χ4n) is 9.31. The van der Waals surface area contributed by atoms with Crippen LogP contribution in [0.4, 0.5) is 26.6 Å². The topological polar surface area (TPSA) is 278 Å². The predicted octanol–water partition coefficient (Wildman–Crippen LogP) is 7.17. The maximum absolute atomic E-state index is 14.6. The van der Waals surface area contributed by atoms with Crippen molar-refractivity contribution in [3.05, 3.63) is 96.1 Å². The molecule has 0 unspecified atom stereocenters. The molecule has 9 aromatic rings. The second kappa shape index (κ2) is 26.8. The SMILES string of the molecule is C.CC(C)(O)Cn1cnc(Br)n1.COc1cc2nc(N)n3nc([C@@H]4CCCN(c5ncn(CC(C)(C)O)n5)C4)nc3c2cc1F.COc1ccc(CNc2nc3cc(OC)c(F)cc3c3nc([C@@H]4CCCNC4)nn23)c(OC)c1.[CH3-].[Pd]. The minimum absolute atomic E-state index is 0. The first-order chi connectivity index (χ1) is 37.3. The normalized spacial score (nSPS) is 15.4. The van der Waals surface area contributed by atoms with Gasteiger partial charge in [-0.15, -0.1) is 20.4 Å². The van der Waals surface area contributed by atoms with Crippen molar-refractivity contribution in [3.63, 3.8) is 0 Å². The van der Waals surface area contributed by atoms with E-state index in [1.165, 1.54) is 36.9 Å². The van der Waals surface area contributed by atoms with Crippen molar-refractivity contribution in [3.8, 4) is 23.0 Å². The molecule has 0 saturated carbocycles. The fraction of sp³-hybridized carbons (Fsp3) is 0.453. The van der Waals surface area contributed by atoms with E-state index in [1.807, 2.05) is 18.2 Å². The van der Waals surface area contributed by atoms with E-state index in [4.69, 9.17) is 44.7 Å². The van der Waals surface area contributed by atoms with Crippen LogP contribution in [0.2, 0.25) is 0 Å². The van der Waals surface area contributed by atoms with E-state index in [1.54, 1.807) is 74.5 Å². The van der Waals surface area contributed by atoms with Gasteiger partial charge in [-0.3, -0.25) is 0 Å². The van der Waals surface area contributed by atoms with Gasteiger partial charge in [0.2, 0.25) is 22.6 Å². The number of methoxy groups -OCH3 is 4. The van der Waals surface area contributed by atoms with Gasteiger partial charge >= 0.3 is 0 Å².